The highest BCUT2D eigenvalue weighted by molar-refractivity contribution is 7.17. The predicted molar refractivity (Wildman–Crippen MR) is 82.3 cm³/mol. The molecular formula is C14H16N4O4S. The van der Waals surface area contributed by atoms with Gasteiger partial charge >= 0.3 is 5.97 Å². The van der Waals surface area contributed by atoms with Crippen molar-refractivity contribution in [1.82, 2.24) is 19.7 Å². The van der Waals surface area contributed by atoms with Crippen LogP contribution in [0.25, 0.3) is 10.6 Å². The number of aryl methyl sites for hydroxylation is 2. The molecule has 0 radical (unpaired) electrons. The van der Waals surface area contributed by atoms with E-state index in [1.165, 1.54) is 16.2 Å². The number of ether oxygens (including phenoxy) is 1. The summed E-state index contributed by atoms with van der Waals surface area (Å²) in [5.74, 6) is -1.38. The third-order valence-electron chi connectivity index (χ3n) is 3.62. The second-order valence-electron chi connectivity index (χ2n) is 5.26. The molecule has 1 aliphatic heterocycles. The molecule has 2 aromatic rings. The third kappa shape index (κ3) is 2.97. The number of thiazole rings is 1. The van der Waals surface area contributed by atoms with Crippen LogP contribution in [0, 0.1) is 6.92 Å². The summed E-state index contributed by atoms with van der Waals surface area (Å²) in [6.07, 6.45) is 3.50. The van der Waals surface area contributed by atoms with Crippen LogP contribution in [-0.2, 0) is 16.6 Å². The van der Waals surface area contributed by atoms with Gasteiger partial charge in [-0.15, -0.1) is 11.3 Å². The Kier molecular flexibility index (Phi) is 4.14. The normalized spacial score (nSPS) is 18.2. The van der Waals surface area contributed by atoms with Gasteiger partial charge in [-0.1, -0.05) is 0 Å². The lowest BCUT2D eigenvalue weighted by atomic mass is 10.2. The first-order valence-corrected chi connectivity index (χ1v) is 7.87. The van der Waals surface area contributed by atoms with Crippen molar-refractivity contribution >= 4 is 23.2 Å². The zero-order valence-corrected chi connectivity index (χ0v) is 13.5. The molecule has 1 saturated heterocycles. The van der Waals surface area contributed by atoms with Crippen LogP contribution < -0.4 is 0 Å². The van der Waals surface area contributed by atoms with Crippen molar-refractivity contribution in [3.63, 3.8) is 0 Å². The summed E-state index contributed by atoms with van der Waals surface area (Å²) in [6, 6.07) is -0.959. The Hall–Kier alpha value is -2.26. The first-order chi connectivity index (χ1) is 11.0. The average molecular weight is 336 g/mol. The number of rotatable bonds is 3. The summed E-state index contributed by atoms with van der Waals surface area (Å²) < 4.78 is 6.83. The lowest BCUT2D eigenvalue weighted by Gasteiger charge is -2.32. The Morgan fingerprint density at radius 1 is 1.48 bits per heavy atom. The van der Waals surface area contributed by atoms with Gasteiger partial charge < -0.3 is 14.7 Å². The van der Waals surface area contributed by atoms with Crippen LogP contribution >= 0.6 is 11.3 Å². The monoisotopic (exact) mass is 336 g/mol. The molecule has 1 fully saturated rings. The first-order valence-electron chi connectivity index (χ1n) is 7.05. The van der Waals surface area contributed by atoms with Crippen LogP contribution in [0.5, 0.6) is 0 Å². The summed E-state index contributed by atoms with van der Waals surface area (Å²) in [5, 5.41) is 14.1. The molecule has 0 saturated carbocycles. The summed E-state index contributed by atoms with van der Waals surface area (Å²) in [4.78, 5) is 30.3. The summed E-state index contributed by atoms with van der Waals surface area (Å²) in [5.41, 5.74) is 1.42. The van der Waals surface area contributed by atoms with E-state index in [1.807, 2.05) is 6.20 Å². The highest BCUT2D eigenvalue weighted by Gasteiger charge is 2.34. The molecule has 1 amide bonds. The number of carboxylic acid groups (broad SMARTS) is 1. The van der Waals surface area contributed by atoms with Crippen LogP contribution in [0.4, 0.5) is 0 Å². The van der Waals surface area contributed by atoms with Crippen LogP contribution in [0.2, 0.25) is 0 Å². The fourth-order valence-electron chi connectivity index (χ4n) is 2.43. The van der Waals surface area contributed by atoms with Crippen molar-refractivity contribution in [1.29, 1.82) is 0 Å². The number of aromatic nitrogens is 3. The molecule has 1 aliphatic rings. The van der Waals surface area contributed by atoms with Gasteiger partial charge in [0.05, 0.1) is 25.1 Å². The fraction of sp³-hybridized carbons (Fsp3) is 0.429. The molecule has 0 aliphatic carbocycles. The first kappa shape index (κ1) is 15.6. The maximum atomic E-state index is 12.7. The van der Waals surface area contributed by atoms with Gasteiger partial charge in [0, 0.05) is 25.4 Å². The van der Waals surface area contributed by atoms with Crippen LogP contribution in [0.15, 0.2) is 12.4 Å². The fourth-order valence-corrected chi connectivity index (χ4v) is 3.43. The van der Waals surface area contributed by atoms with Crippen LogP contribution in [0.1, 0.15) is 15.4 Å². The standard InChI is InChI=1S/C14H16N4O4S/c1-8-11(23-12(16-8)9-5-15-17(2)6-9)13(19)18-3-4-22-7-10(18)14(20)21/h5-6,10H,3-4,7H2,1-2H3,(H,20,21)/t10-/m0/s1. The third-order valence-corrected chi connectivity index (χ3v) is 4.81. The van der Waals surface area contributed by atoms with E-state index in [0.29, 0.717) is 22.2 Å². The van der Waals surface area contributed by atoms with Crippen molar-refractivity contribution in [3.8, 4) is 10.6 Å². The molecule has 3 heterocycles. The largest absolute Gasteiger partial charge is 0.480 e. The topological polar surface area (TPSA) is 97.5 Å². The predicted octanol–water partition coefficient (Wildman–Crippen LogP) is 0.778. The second-order valence-corrected chi connectivity index (χ2v) is 6.26. The van der Waals surface area contributed by atoms with E-state index in [0.717, 1.165) is 5.56 Å². The number of carbonyl (C=O) groups is 2. The molecule has 1 atom stereocenters. The summed E-state index contributed by atoms with van der Waals surface area (Å²) in [7, 11) is 1.81. The highest BCUT2D eigenvalue weighted by atomic mass is 32.1. The summed E-state index contributed by atoms with van der Waals surface area (Å²) in [6.45, 7) is 2.35. The van der Waals surface area contributed by atoms with E-state index in [9.17, 15) is 14.7 Å². The number of amides is 1. The minimum absolute atomic E-state index is 0.00832. The van der Waals surface area contributed by atoms with Gasteiger partial charge in [-0.3, -0.25) is 9.48 Å². The molecule has 1 N–H and O–H groups in total. The molecule has 0 bridgehead atoms. The van der Waals surface area contributed by atoms with Crippen molar-refractivity contribution in [2.24, 2.45) is 7.05 Å². The maximum absolute atomic E-state index is 12.7. The Morgan fingerprint density at radius 2 is 2.26 bits per heavy atom. The zero-order chi connectivity index (χ0) is 16.6. The minimum atomic E-state index is -1.06. The lowest BCUT2D eigenvalue weighted by molar-refractivity contribution is -0.147. The molecule has 122 valence electrons. The Bertz CT molecular complexity index is 754. The minimum Gasteiger partial charge on any atom is -0.480 e. The van der Waals surface area contributed by atoms with Gasteiger partial charge in [0.25, 0.3) is 5.91 Å². The molecule has 9 heteroatoms. The molecule has 2 aromatic heterocycles. The summed E-state index contributed by atoms with van der Waals surface area (Å²) >= 11 is 1.25. The van der Waals surface area contributed by atoms with E-state index in [-0.39, 0.29) is 19.1 Å². The van der Waals surface area contributed by atoms with Crippen molar-refractivity contribution < 1.29 is 19.4 Å². The Labute approximate surface area is 136 Å². The number of aliphatic carboxylic acids is 1. The molecule has 3 rings (SSSR count). The molecular weight excluding hydrogens is 320 g/mol. The average Bonchev–Trinajstić information content (AvgIpc) is 3.12. The quantitative estimate of drug-likeness (QED) is 0.889. The van der Waals surface area contributed by atoms with Crippen molar-refractivity contribution in [2.75, 3.05) is 19.8 Å². The number of nitrogens with zero attached hydrogens (tertiary/aromatic N) is 4. The van der Waals surface area contributed by atoms with Gasteiger partial charge in [0.15, 0.2) is 6.04 Å². The highest BCUT2D eigenvalue weighted by Crippen LogP contribution is 2.29. The molecule has 23 heavy (non-hydrogen) atoms. The van der Waals surface area contributed by atoms with Gasteiger partial charge in [-0.05, 0) is 6.92 Å². The van der Waals surface area contributed by atoms with E-state index in [2.05, 4.69) is 10.1 Å². The SMILES string of the molecule is Cc1nc(-c2cnn(C)c2)sc1C(=O)N1CCOC[C@H]1C(=O)O. The van der Waals surface area contributed by atoms with Crippen LogP contribution in [0.3, 0.4) is 0 Å². The van der Waals surface area contributed by atoms with Crippen molar-refractivity contribution in [3.05, 3.63) is 23.0 Å². The van der Waals surface area contributed by atoms with Crippen molar-refractivity contribution in [2.45, 2.75) is 13.0 Å². The van der Waals surface area contributed by atoms with Gasteiger partial charge in [-0.2, -0.15) is 5.10 Å². The number of morpholine rings is 1. The lowest BCUT2D eigenvalue weighted by Crippen LogP contribution is -2.52. The Balaban J connectivity index is 1.90. The van der Waals surface area contributed by atoms with Crippen LogP contribution in [-0.4, -0.2) is 62.4 Å². The number of hydrogen-bond acceptors (Lipinski definition) is 6. The number of hydrogen-bond donors (Lipinski definition) is 1. The second kappa shape index (κ2) is 6.09. The van der Waals surface area contributed by atoms with Gasteiger partial charge in [0.2, 0.25) is 0 Å². The van der Waals surface area contributed by atoms with Gasteiger partial charge in [0.1, 0.15) is 9.88 Å². The van der Waals surface area contributed by atoms with E-state index < -0.39 is 12.0 Å². The van der Waals surface area contributed by atoms with E-state index >= 15 is 0 Å². The molecule has 0 spiro atoms. The molecule has 0 unspecified atom stereocenters. The zero-order valence-electron chi connectivity index (χ0n) is 12.7. The number of carboxylic acids is 1. The smallest absolute Gasteiger partial charge is 0.328 e. The molecule has 8 nitrogen and oxygen atoms in total. The van der Waals surface area contributed by atoms with E-state index in [1.54, 1.807) is 24.9 Å². The maximum Gasteiger partial charge on any atom is 0.328 e. The van der Waals surface area contributed by atoms with Gasteiger partial charge in [-0.25, -0.2) is 9.78 Å². The van der Waals surface area contributed by atoms with E-state index in [4.69, 9.17) is 4.74 Å². The Morgan fingerprint density at radius 3 is 2.91 bits per heavy atom. The number of carbonyl (C=O) groups excluding carboxylic acids is 1. The molecule has 0 aromatic carbocycles.